The summed E-state index contributed by atoms with van der Waals surface area (Å²) in [7, 11) is 0. The Morgan fingerprint density at radius 3 is 2.89 bits per heavy atom. The van der Waals surface area contributed by atoms with Crippen molar-refractivity contribution in [2.45, 2.75) is 0 Å². The zero-order valence-electron chi connectivity index (χ0n) is 9.76. The summed E-state index contributed by atoms with van der Waals surface area (Å²) in [6.45, 7) is 0. The minimum absolute atomic E-state index is 0.230. The van der Waals surface area contributed by atoms with E-state index in [1.165, 1.54) is 0 Å². The Morgan fingerprint density at radius 2 is 2.16 bits per heavy atom. The van der Waals surface area contributed by atoms with Crippen LogP contribution in [0, 0.1) is 0 Å². The molecule has 0 spiro atoms. The van der Waals surface area contributed by atoms with Crippen LogP contribution in [0.2, 0.25) is 0 Å². The van der Waals surface area contributed by atoms with E-state index in [4.69, 9.17) is 4.42 Å². The van der Waals surface area contributed by atoms with E-state index in [0.717, 1.165) is 10.0 Å². The molecule has 94 valence electrons. The summed E-state index contributed by atoms with van der Waals surface area (Å²) in [4.78, 5) is 16.1. The number of hydrogen-bond donors (Lipinski definition) is 1. The molecule has 0 fully saturated rings. The number of amidine groups is 1. The lowest BCUT2D eigenvalue weighted by Gasteiger charge is -1.95. The SMILES string of the molecule is O=C1NC(c2ccco2)=NC1=Cc1cccc(Br)c1. The smallest absolute Gasteiger partial charge is 0.275 e. The van der Waals surface area contributed by atoms with Crippen molar-refractivity contribution in [3.8, 4) is 0 Å². The molecule has 0 atom stereocenters. The number of benzene rings is 1. The summed E-state index contributed by atoms with van der Waals surface area (Å²) in [5, 5.41) is 2.68. The second kappa shape index (κ2) is 4.85. The first-order valence-electron chi connectivity index (χ1n) is 5.63. The van der Waals surface area contributed by atoms with E-state index in [1.807, 2.05) is 24.3 Å². The van der Waals surface area contributed by atoms with Gasteiger partial charge in [-0.2, -0.15) is 0 Å². The van der Waals surface area contributed by atoms with Crippen LogP contribution in [0.4, 0.5) is 0 Å². The molecule has 0 radical (unpaired) electrons. The van der Waals surface area contributed by atoms with Crippen LogP contribution in [-0.4, -0.2) is 11.7 Å². The minimum Gasteiger partial charge on any atom is -0.461 e. The molecule has 4 nitrogen and oxygen atoms in total. The highest BCUT2D eigenvalue weighted by Gasteiger charge is 2.22. The number of furan rings is 1. The van der Waals surface area contributed by atoms with Gasteiger partial charge in [-0.25, -0.2) is 4.99 Å². The lowest BCUT2D eigenvalue weighted by molar-refractivity contribution is -0.115. The van der Waals surface area contributed by atoms with Crippen molar-refractivity contribution in [1.29, 1.82) is 0 Å². The van der Waals surface area contributed by atoms with Gasteiger partial charge in [-0.15, -0.1) is 0 Å². The number of rotatable bonds is 2. The summed E-state index contributed by atoms with van der Waals surface area (Å²) in [6.07, 6.45) is 3.27. The second-order valence-electron chi connectivity index (χ2n) is 3.98. The average Bonchev–Trinajstić information content (AvgIpc) is 3.00. The monoisotopic (exact) mass is 316 g/mol. The van der Waals surface area contributed by atoms with Crippen LogP contribution >= 0.6 is 15.9 Å². The normalized spacial score (nSPS) is 16.6. The fourth-order valence-corrected chi connectivity index (χ4v) is 2.17. The molecule has 0 aliphatic carbocycles. The summed E-state index contributed by atoms with van der Waals surface area (Å²) < 4.78 is 6.16. The largest absolute Gasteiger partial charge is 0.461 e. The molecule has 19 heavy (non-hydrogen) atoms. The third kappa shape index (κ3) is 2.51. The van der Waals surface area contributed by atoms with Crippen molar-refractivity contribution in [2.24, 2.45) is 4.99 Å². The Morgan fingerprint density at radius 1 is 1.26 bits per heavy atom. The molecule has 1 N–H and O–H groups in total. The maximum Gasteiger partial charge on any atom is 0.275 e. The van der Waals surface area contributed by atoms with Gasteiger partial charge in [-0.05, 0) is 35.9 Å². The standard InChI is InChI=1S/C14H9BrN2O2/c15-10-4-1-3-9(7-10)8-11-14(18)17-13(16-11)12-5-2-6-19-12/h1-8H,(H,16,17,18). The van der Waals surface area contributed by atoms with Gasteiger partial charge in [0.25, 0.3) is 5.91 Å². The molecule has 1 aromatic carbocycles. The Hall–Kier alpha value is -2.14. The molecule has 0 saturated heterocycles. The lowest BCUT2D eigenvalue weighted by atomic mass is 10.2. The average molecular weight is 317 g/mol. The highest BCUT2D eigenvalue weighted by molar-refractivity contribution is 9.10. The fourth-order valence-electron chi connectivity index (χ4n) is 1.75. The number of carbonyl (C=O) groups excluding carboxylic acids is 1. The number of carbonyl (C=O) groups is 1. The first-order valence-corrected chi connectivity index (χ1v) is 6.43. The Bertz CT molecular complexity index is 687. The van der Waals surface area contributed by atoms with Crippen LogP contribution in [0.15, 0.2) is 62.2 Å². The topological polar surface area (TPSA) is 54.6 Å². The van der Waals surface area contributed by atoms with Gasteiger partial charge >= 0.3 is 0 Å². The van der Waals surface area contributed by atoms with Crippen LogP contribution < -0.4 is 5.32 Å². The molecule has 1 aromatic heterocycles. The third-order valence-electron chi connectivity index (χ3n) is 2.60. The Labute approximate surface area is 118 Å². The van der Waals surface area contributed by atoms with Gasteiger partial charge in [-0.1, -0.05) is 28.1 Å². The van der Waals surface area contributed by atoms with Crippen molar-refractivity contribution < 1.29 is 9.21 Å². The van der Waals surface area contributed by atoms with E-state index in [-0.39, 0.29) is 5.91 Å². The summed E-state index contributed by atoms with van der Waals surface area (Å²) in [6, 6.07) is 11.2. The lowest BCUT2D eigenvalue weighted by Crippen LogP contribution is -2.24. The molecule has 0 saturated carbocycles. The van der Waals surface area contributed by atoms with Gasteiger partial charge in [0.05, 0.1) is 6.26 Å². The van der Waals surface area contributed by atoms with Gasteiger partial charge in [0, 0.05) is 4.47 Å². The molecule has 1 aliphatic heterocycles. The van der Waals surface area contributed by atoms with E-state index < -0.39 is 0 Å². The van der Waals surface area contributed by atoms with Crippen LogP contribution in [0.3, 0.4) is 0 Å². The Kier molecular flexibility index (Phi) is 3.05. The number of nitrogens with zero attached hydrogens (tertiary/aromatic N) is 1. The summed E-state index contributed by atoms with van der Waals surface area (Å²) >= 11 is 3.39. The van der Waals surface area contributed by atoms with E-state index in [1.54, 1.807) is 24.5 Å². The first kappa shape index (κ1) is 11.9. The van der Waals surface area contributed by atoms with Crippen molar-refractivity contribution in [3.05, 3.63) is 64.2 Å². The number of hydrogen-bond acceptors (Lipinski definition) is 3. The van der Waals surface area contributed by atoms with Gasteiger partial charge in [0.1, 0.15) is 5.70 Å². The predicted molar refractivity (Wildman–Crippen MR) is 75.5 cm³/mol. The van der Waals surface area contributed by atoms with E-state index in [2.05, 4.69) is 26.2 Å². The molecular weight excluding hydrogens is 308 g/mol. The first-order chi connectivity index (χ1) is 9.22. The second-order valence-corrected chi connectivity index (χ2v) is 4.89. The number of halogens is 1. The maximum atomic E-state index is 11.8. The van der Waals surface area contributed by atoms with Crippen LogP contribution in [-0.2, 0) is 4.79 Å². The van der Waals surface area contributed by atoms with Gasteiger partial charge in [-0.3, -0.25) is 4.79 Å². The van der Waals surface area contributed by atoms with Crippen molar-refractivity contribution in [2.75, 3.05) is 0 Å². The van der Waals surface area contributed by atoms with Crippen LogP contribution in [0.5, 0.6) is 0 Å². The molecule has 0 bridgehead atoms. The summed E-state index contributed by atoms with van der Waals surface area (Å²) in [5.41, 5.74) is 1.27. The maximum absolute atomic E-state index is 11.8. The molecule has 2 heterocycles. The van der Waals surface area contributed by atoms with Crippen molar-refractivity contribution in [1.82, 2.24) is 5.32 Å². The molecule has 1 amide bonds. The Balaban J connectivity index is 1.95. The van der Waals surface area contributed by atoms with E-state index >= 15 is 0 Å². The van der Waals surface area contributed by atoms with Gasteiger partial charge in [0.15, 0.2) is 11.6 Å². The number of amides is 1. The highest BCUT2D eigenvalue weighted by Crippen LogP contribution is 2.18. The summed E-state index contributed by atoms with van der Waals surface area (Å²) in [5.74, 6) is 0.758. The molecule has 3 rings (SSSR count). The van der Waals surface area contributed by atoms with Crippen molar-refractivity contribution in [3.63, 3.8) is 0 Å². The van der Waals surface area contributed by atoms with E-state index in [9.17, 15) is 4.79 Å². The van der Waals surface area contributed by atoms with Crippen LogP contribution in [0.25, 0.3) is 6.08 Å². The van der Waals surface area contributed by atoms with Crippen molar-refractivity contribution >= 4 is 33.7 Å². The molecule has 1 aliphatic rings. The number of aliphatic imine (C=N–C) groups is 1. The quantitative estimate of drug-likeness (QED) is 0.866. The molecule has 0 unspecified atom stereocenters. The molecule has 2 aromatic rings. The van der Waals surface area contributed by atoms with Crippen LogP contribution in [0.1, 0.15) is 11.3 Å². The zero-order valence-corrected chi connectivity index (χ0v) is 11.3. The predicted octanol–water partition coefficient (Wildman–Crippen LogP) is 2.96. The van der Waals surface area contributed by atoms with E-state index in [0.29, 0.717) is 17.3 Å². The zero-order chi connectivity index (χ0) is 13.2. The molecular formula is C14H9BrN2O2. The minimum atomic E-state index is -0.230. The fraction of sp³-hybridized carbons (Fsp3) is 0. The van der Waals surface area contributed by atoms with Gasteiger partial charge in [0.2, 0.25) is 0 Å². The number of nitrogens with one attached hydrogen (secondary N) is 1. The molecule has 5 heteroatoms. The van der Waals surface area contributed by atoms with Gasteiger partial charge < -0.3 is 9.73 Å². The third-order valence-corrected chi connectivity index (χ3v) is 3.10. The highest BCUT2D eigenvalue weighted by atomic mass is 79.9.